The molecule has 1 aromatic carbocycles. The minimum Gasteiger partial charge on any atom is -0.487 e. The third-order valence-corrected chi connectivity index (χ3v) is 8.99. The normalized spacial score (nSPS) is 16.4. The van der Waals surface area contributed by atoms with E-state index in [1.165, 1.54) is 0 Å². The largest absolute Gasteiger partial charge is 0.487 e. The van der Waals surface area contributed by atoms with Crippen molar-refractivity contribution in [3.05, 3.63) is 22.3 Å². The molecular formula is C26H43N5O5S. The Bertz CT molecular complexity index is 1150. The minimum absolute atomic E-state index is 0.0291. The second kappa shape index (κ2) is 11.8. The Labute approximate surface area is 221 Å². The minimum atomic E-state index is -4.45. The lowest BCUT2D eigenvalue weighted by Gasteiger charge is -2.37. The molecule has 10 nitrogen and oxygen atoms in total. The van der Waals surface area contributed by atoms with Crippen LogP contribution in [0.2, 0.25) is 0 Å². The number of fused-ring (bicyclic) bond motifs is 1. The molecule has 0 fully saturated rings. The third kappa shape index (κ3) is 6.81. The standard InChI is InChI=1S/C26H43N5O5S/c1-15(2)13-19(14-32)31(24(33)21(27)9-8-12-30-25(28)29)37(34,35)23-17(4)16(3)22-20(18(23)5)10-11-26(6,7)36-22/h14-15,19,21H,8-13,27H2,1-7H3,(H4,28,29,30)/t19-,21+/m0/s1. The van der Waals surface area contributed by atoms with Crippen LogP contribution in [0, 0.1) is 32.1 Å². The summed E-state index contributed by atoms with van der Waals surface area (Å²) < 4.78 is 35.5. The van der Waals surface area contributed by atoms with E-state index in [1.54, 1.807) is 13.8 Å². The van der Waals surface area contributed by atoms with Gasteiger partial charge in [0.2, 0.25) is 0 Å². The summed E-state index contributed by atoms with van der Waals surface area (Å²) in [6.07, 6.45) is 2.59. The molecule has 6 N–H and O–H groups in total. The molecule has 0 radical (unpaired) electrons. The number of ether oxygens (including phenoxy) is 1. The molecule has 1 aromatic rings. The van der Waals surface area contributed by atoms with Gasteiger partial charge in [-0.1, -0.05) is 13.8 Å². The van der Waals surface area contributed by atoms with Crippen molar-refractivity contribution < 1.29 is 22.7 Å². The number of carbonyl (C=O) groups excluding carboxylic acids is 2. The van der Waals surface area contributed by atoms with E-state index in [-0.39, 0.29) is 35.2 Å². The van der Waals surface area contributed by atoms with E-state index in [4.69, 9.17) is 21.6 Å². The molecule has 0 saturated carbocycles. The van der Waals surface area contributed by atoms with Crippen molar-refractivity contribution in [3.8, 4) is 5.75 Å². The first-order valence-electron chi connectivity index (χ1n) is 12.7. The summed E-state index contributed by atoms with van der Waals surface area (Å²) >= 11 is 0. The van der Waals surface area contributed by atoms with Gasteiger partial charge in [-0.15, -0.1) is 0 Å². The van der Waals surface area contributed by atoms with E-state index in [0.29, 0.717) is 52.4 Å². The van der Waals surface area contributed by atoms with Gasteiger partial charge in [0.05, 0.1) is 10.9 Å². The molecule has 2 atom stereocenters. The molecule has 37 heavy (non-hydrogen) atoms. The molecule has 1 heterocycles. The maximum atomic E-state index is 14.3. The van der Waals surface area contributed by atoms with Crippen LogP contribution in [0.1, 0.15) is 75.6 Å². The molecule has 0 aromatic heterocycles. The molecule has 1 aliphatic rings. The predicted molar refractivity (Wildman–Crippen MR) is 144 cm³/mol. The number of aldehydes is 1. The summed E-state index contributed by atoms with van der Waals surface area (Å²) in [5.41, 5.74) is 13.6. The van der Waals surface area contributed by atoms with E-state index < -0.39 is 28.0 Å². The maximum absolute atomic E-state index is 14.3. The molecule has 1 amide bonds. The van der Waals surface area contributed by atoms with Crippen LogP contribution in [0.25, 0.3) is 0 Å². The van der Waals surface area contributed by atoms with Gasteiger partial charge < -0.3 is 26.3 Å². The summed E-state index contributed by atoms with van der Waals surface area (Å²) in [5.74, 6) is -0.387. The topological polar surface area (TPSA) is 169 Å². The van der Waals surface area contributed by atoms with Crippen LogP contribution in [-0.2, 0) is 26.0 Å². The van der Waals surface area contributed by atoms with Gasteiger partial charge in [0.25, 0.3) is 15.9 Å². The number of guanidine groups is 1. The lowest BCUT2D eigenvalue weighted by atomic mass is 9.88. The van der Waals surface area contributed by atoms with Gasteiger partial charge in [0, 0.05) is 6.54 Å². The summed E-state index contributed by atoms with van der Waals surface area (Å²) in [6.45, 7) is 13.3. The van der Waals surface area contributed by atoms with Crippen LogP contribution in [0.5, 0.6) is 5.75 Å². The number of hydrogen-bond donors (Lipinski definition) is 4. The highest BCUT2D eigenvalue weighted by Crippen LogP contribution is 2.43. The first-order chi connectivity index (χ1) is 17.0. The zero-order valence-electron chi connectivity index (χ0n) is 23.1. The zero-order chi connectivity index (χ0) is 28.3. The van der Waals surface area contributed by atoms with Crippen LogP contribution in [0.15, 0.2) is 4.90 Å². The van der Waals surface area contributed by atoms with Gasteiger partial charge in [-0.3, -0.25) is 10.2 Å². The second-order valence-corrected chi connectivity index (χ2v) is 12.7. The van der Waals surface area contributed by atoms with Gasteiger partial charge in [0.1, 0.15) is 23.7 Å². The number of nitrogens with two attached hydrogens (primary N) is 2. The number of hydrogen-bond acceptors (Lipinski definition) is 7. The van der Waals surface area contributed by atoms with Gasteiger partial charge in [-0.2, -0.15) is 0 Å². The molecule has 0 bridgehead atoms. The highest BCUT2D eigenvalue weighted by atomic mass is 32.2. The smallest absolute Gasteiger partial charge is 0.267 e. The number of carbonyl (C=O) groups is 2. The van der Waals surface area contributed by atoms with Crippen LogP contribution in [0.4, 0.5) is 0 Å². The average molecular weight is 538 g/mol. The van der Waals surface area contributed by atoms with Crippen molar-refractivity contribution in [2.45, 2.75) is 103 Å². The number of sulfonamides is 1. The second-order valence-electron chi connectivity index (χ2n) is 10.9. The van der Waals surface area contributed by atoms with E-state index in [9.17, 15) is 18.0 Å². The van der Waals surface area contributed by atoms with Gasteiger partial charge >= 0.3 is 0 Å². The molecule has 2 rings (SSSR count). The van der Waals surface area contributed by atoms with Crippen LogP contribution < -0.4 is 21.5 Å². The summed E-state index contributed by atoms with van der Waals surface area (Å²) in [5, 5.41) is 9.87. The highest BCUT2D eigenvalue weighted by molar-refractivity contribution is 7.89. The fourth-order valence-corrected chi connectivity index (χ4v) is 6.93. The lowest BCUT2D eigenvalue weighted by molar-refractivity contribution is -0.132. The Morgan fingerprint density at radius 1 is 1.22 bits per heavy atom. The van der Waals surface area contributed by atoms with Crippen molar-refractivity contribution in [2.24, 2.45) is 17.4 Å². The molecule has 208 valence electrons. The van der Waals surface area contributed by atoms with E-state index in [1.807, 2.05) is 34.6 Å². The molecule has 11 heteroatoms. The molecule has 0 saturated heterocycles. The summed E-state index contributed by atoms with van der Waals surface area (Å²) in [6, 6.07) is -2.34. The number of rotatable bonds is 11. The molecule has 0 spiro atoms. The molecule has 0 unspecified atom stereocenters. The van der Waals surface area contributed by atoms with Gasteiger partial charge in [-0.25, -0.2) is 12.7 Å². The third-order valence-electron chi connectivity index (χ3n) is 6.90. The Kier molecular flexibility index (Phi) is 9.75. The van der Waals surface area contributed by atoms with Crippen molar-refractivity contribution >= 4 is 28.2 Å². The summed E-state index contributed by atoms with van der Waals surface area (Å²) in [7, 11) is -4.45. The molecule has 1 aliphatic heterocycles. The Morgan fingerprint density at radius 3 is 2.38 bits per heavy atom. The number of nitrogens with zero attached hydrogens (tertiary/aromatic N) is 1. The predicted octanol–water partition coefficient (Wildman–Crippen LogP) is 2.44. The zero-order valence-corrected chi connectivity index (χ0v) is 23.9. The maximum Gasteiger partial charge on any atom is 0.267 e. The molecular weight excluding hydrogens is 494 g/mol. The first-order valence-corrected chi connectivity index (χ1v) is 14.2. The van der Waals surface area contributed by atoms with Crippen molar-refractivity contribution in [1.82, 2.24) is 9.62 Å². The Balaban J connectivity index is 2.61. The Morgan fingerprint density at radius 2 is 1.84 bits per heavy atom. The summed E-state index contributed by atoms with van der Waals surface area (Å²) in [4.78, 5) is 25.8. The number of nitrogens with one attached hydrogen (secondary N) is 2. The number of benzene rings is 1. The van der Waals surface area contributed by atoms with Gasteiger partial charge in [0.15, 0.2) is 5.96 Å². The van der Waals surface area contributed by atoms with Crippen molar-refractivity contribution in [2.75, 3.05) is 6.54 Å². The fourth-order valence-electron chi connectivity index (χ4n) is 4.81. The SMILES string of the molecule is Cc1c(C)c(S(=O)(=O)N(C(=O)[C@H](N)CCCNC(=N)N)[C@H](C=O)CC(C)C)c(C)c2c1OC(C)(C)CC2. The monoisotopic (exact) mass is 537 g/mol. The van der Waals surface area contributed by atoms with Crippen molar-refractivity contribution in [1.29, 1.82) is 5.41 Å². The van der Waals surface area contributed by atoms with Crippen molar-refractivity contribution in [3.63, 3.8) is 0 Å². The van der Waals surface area contributed by atoms with E-state index in [2.05, 4.69) is 5.32 Å². The lowest BCUT2D eigenvalue weighted by Crippen LogP contribution is -2.53. The first kappa shape index (κ1) is 30.6. The van der Waals surface area contributed by atoms with Gasteiger partial charge in [-0.05, 0) is 94.9 Å². The van der Waals surface area contributed by atoms with Crippen LogP contribution in [0.3, 0.4) is 0 Å². The average Bonchev–Trinajstić information content (AvgIpc) is 2.78. The van der Waals surface area contributed by atoms with E-state index in [0.717, 1.165) is 12.0 Å². The molecule has 0 aliphatic carbocycles. The van der Waals surface area contributed by atoms with Crippen LogP contribution in [-0.4, -0.2) is 55.1 Å². The Hall–Kier alpha value is -2.66. The quantitative estimate of drug-likeness (QED) is 0.144. The fraction of sp³-hybridized carbons (Fsp3) is 0.654. The van der Waals surface area contributed by atoms with E-state index >= 15 is 0 Å². The van der Waals surface area contributed by atoms with Crippen LogP contribution >= 0.6 is 0 Å². The number of amides is 1. The highest BCUT2D eigenvalue weighted by Gasteiger charge is 2.42.